The highest BCUT2D eigenvalue weighted by molar-refractivity contribution is 5.79. The average molecular weight is 353 g/mol. The van der Waals surface area contributed by atoms with Crippen LogP contribution in [0.15, 0.2) is 24.3 Å². The van der Waals surface area contributed by atoms with Crippen molar-refractivity contribution in [2.75, 3.05) is 19.6 Å². The van der Waals surface area contributed by atoms with Crippen LogP contribution in [0.25, 0.3) is 0 Å². The molecule has 6 heteroatoms. The molecule has 3 heterocycles. The molecule has 2 aliphatic heterocycles. The van der Waals surface area contributed by atoms with Gasteiger partial charge < -0.3 is 9.47 Å². The number of likely N-dealkylation sites (tertiary alicyclic amines) is 1. The summed E-state index contributed by atoms with van der Waals surface area (Å²) in [4.78, 5) is 17.5. The minimum Gasteiger partial charge on any atom is -0.338 e. The van der Waals surface area contributed by atoms with E-state index in [4.69, 9.17) is 0 Å². The summed E-state index contributed by atoms with van der Waals surface area (Å²) >= 11 is 0. The van der Waals surface area contributed by atoms with Crippen molar-refractivity contribution >= 4 is 5.91 Å². The summed E-state index contributed by atoms with van der Waals surface area (Å²) in [5.41, 5.74) is 2.69. The molecule has 1 fully saturated rings. The van der Waals surface area contributed by atoms with Crippen LogP contribution in [0.4, 0.5) is 0 Å². The van der Waals surface area contributed by atoms with Crippen molar-refractivity contribution in [3.63, 3.8) is 0 Å². The van der Waals surface area contributed by atoms with Gasteiger partial charge >= 0.3 is 0 Å². The molecule has 0 spiro atoms. The zero-order valence-corrected chi connectivity index (χ0v) is 15.7. The number of carbonyl (C=O) groups excluding carboxylic acids is 1. The first-order valence-corrected chi connectivity index (χ1v) is 9.54. The van der Waals surface area contributed by atoms with Crippen LogP contribution in [0.5, 0.6) is 0 Å². The fraction of sp³-hybridized carbons (Fsp3) is 0.550. The third-order valence-corrected chi connectivity index (χ3v) is 5.84. The van der Waals surface area contributed by atoms with Crippen molar-refractivity contribution in [2.45, 2.75) is 39.3 Å². The third kappa shape index (κ3) is 3.38. The van der Waals surface area contributed by atoms with Crippen molar-refractivity contribution in [3.8, 4) is 0 Å². The van der Waals surface area contributed by atoms with E-state index in [9.17, 15) is 4.79 Å². The molecular weight excluding hydrogens is 326 g/mol. The maximum absolute atomic E-state index is 13.1. The number of hydrogen-bond acceptors (Lipinski definition) is 4. The number of rotatable bonds is 3. The summed E-state index contributed by atoms with van der Waals surface area (Å²) in [6.45, 7) is 6.18. The second kappa shape index (κ2) is 7.19. The predicted octanol–water partition coefficient (Wildman–Crippen LogP) is 1.92. The lowest BCUT2D eigenvalue weighted by Gasteiger charge is -2.36. The smallest absolute Gasteiger partial charge is 0.227 e. The van der Waals surface area contributed by atoms with Crippen LogP contribution < -0.4 is 0 Å². The van der Waals surface area contributed by atoms with Crippen LogP contribution in [-0.4, -0.2) is 50.1 Å². The first-order chi connectivity index (χ1) is 12.6. The number of piperidine rings is 1. The lowest BCUT2D eigenvalue weighted by molar-refractivity contribution is -0.138. The molecule has 2 aliphatic rings. The van der Waals surface area contributed by atoms with Crippen molar-refractivity contribution in [2.24, 2.45) is 13.0 Å². The first-order valence-electron chi connectivity index (χ1n) is 9.54. The van der Waals surface area contributed by atoms with Gasteiger partial charge in [0.25, 0.3) is 0 Å². The van der Waals surface area contributed by atoms with Crippen LogP contribution in [0.1, 0.15) is 35.6 Å². The predicted molar refractivity (Wildman–Crippen MR) is 99.3 cm³/mol. The Morgan fingerprint density at radius 2 is 2.00 bits per heavy atom. The van der Waals surface area contributed by atoms with Gasteiger partial charge in [0, 0.05) is 26.7 Å². The van der Waals surface area contributed by atoms with Crippen LogP contribution in [0.3, 0.4) is 0 Å². The maximum Gasteiger partial charge on any atom is 0.227 e. The van der Waals surface area contributed by atoms with Gasteiger partial charge in [-0.05, 0) is 43.9 Å². The second-order valence-corrected chi connectivity index (χ2v) is 7.58. The first kappa shape index (κ1) is 17.2. The standard InChI is InChI=1S/C20H27N5O/c1-15-21-22-19(23(15)2)14-24-10-5-8-18(12-24)20(26)25-11-9-16-6-3-4-7-17(16)13-25/h3-4,6-7,18H,5,8-14H2,1-2H3. The van der Waals surface area contributed by atoms with Gasteiger partial charge in [-0.2, -0.15) is 0 Å². The number of nitrogens with zero attached hydrogens (tertiary/aromatic N) is 5. The fourth-order valence-corrected chi connectivity index (χ4v) is 4.13. The summed E-state index contributed by atoms with van der Waals surface area (Å²) < 4.78 is 2.03. The monoisotopic (exact) mass is 353 g/mol. The minimum atomic E-state index is 0.100. The molecule has 0 aliphatic carbocycles. The van der Waals surface area contributed by atoms with Crippen LogP contribution in [0.2, 0.25) is 0 Å². The number of fused-ring (bicyclic) bond motifs is 1. The van der Waals surface area contributed by atoms with E-state index in [0.29, 0.717) is 5.91 Å². The Balaban J connectivity index is 1.40. The number of benzene rings is 1. The number of carbonyl (C=O) groups is 1. The molecule has 1 aromatic heterocycles. The Kier molecular flexibility index (Phi) is 4.76. The molecule has 4 rings (SSSR count). The molecule has 0 saturated carbocycles. The van der Waals surface area contributed by atoms with E-state index in [-0.39, 0.29) is 5.92 Å². The van der Waals surface area contributed by atoms with Gasteiger partial charge in [0.1, 0.15) is 11.6 Å². The Labute approximate surface area is 154 Å². The highest BCUT2D eigenvalue weighted by atomic mass is 16.2. The molecule has 0 radical (unpaired) electrons. The molecule has 0 bridgehead atoms. The van der Waals surface area contributed by atoms with Crippen LogP contribution in [0, 0.1) is 12.8 Å². The average Bonchev–Trinajstić information content (AvgIpc) is 2.99. The lowest BCUT2D eigenvalue weighted by Crippen LogP contribution is -2.46. The molecule has 0 N–H and O–H groups in total. The molecular formula is C20H27N5O. The zero-order valence-electron chi connectivity index (χ0n) is 15.7. The maximum atomic E-state index is 13.1. The van der Waals surface area contributed by atoms with E-state index in [1.807, 2.05) is 18.5 Å². The summed E-state index contributed by atoms with van der Waals surface area (Å²) in [6, 6.07) is 8.49. The van der Waals surface area contributed by atoms with Gasteiger partial charge in [0.2, 0.25) is 5.91 Å². The number of hydrogen-bond donors (Lipinski definition) is 0. The second-order valence-electron chi connectivity index (χ2n) is 7.58. The summed E-state index contributed by atoms with van der Waals surface area (Å²) in [6.07, 6.45) is 3.03. The minimum absolute atomic E-state index is 0.100. The van der Waals surface area contributed by atoms with Crippen molar-refractivity contribution in [1.29, 1.82) is 0 Å². The molecule has 1 atom stereocenters. The van der Waals surface area contributed by atoms with E-state index in [1.54, 1.807) is 0 Å². The number of amides is 1. The molecule has 26 heavy (non-hydrogen) atoms. The van der Waals surface area contributed by atoms with Gasteiger partial charge in [-0.1, -0.05) is 24.3 Å². The quantitative estimate of drug-likeness (QED) is 0.846. The summed E-state index contributed by atoms with van der Waals surface area (Å²) in [5, 5.41) is 8.41. The summed E-state index contributed by atoms with van der Waals surface area (Å²) in [7, 11) is 2.00. The van der Waals surface area contributed by atoms with E-state index in [0.717, 1.165) is 63.6 Å². The highest BCUT2D eigenvalue weighted by Gasteiger charge is 2.31. The third-order valence-electron chi connectivity index (χ3n) is 5.84. The molecule has 1 aromatic carbocycles. The molecule has 1 amide bonds. The topological polar surface area (TPSA) is 54.3 Å². The molecule has 6 nitrogen and oxygen atoms in total. The van der Waals surface area contributed by atoms with Crippen LogP contribution in [-0.2, 0) is 31.4 Å². The fourth-order valence-electron chi connectivity index (χ4n) is 4.13. The normalized spacial score (nSPS) is 20.8. The molecule has 1 saturated heterocycles. The number of aromatic nitrogens is 3. The van der Waals surface area contributed by atoms with E-state index >= 15 is 0 Å². The number of aryl methyl sites for hydroxylation is 1. The van der Waals surface area contributed by atoms with Gasteiger partial charge in [-0.3, -0.25) is 9.69 Å². The van der Waals surface area contributed by atoms with Gasteiger partial charge in [-0.15, -0.1) is 10.2 Å². The Hall–Kier alpha value is -2.21. The van der Waals surface area contributed by atoms with Crippen molar-refractivity contribution in [3.05, 3.63) is 47.0 Å². The van der Waals surface area contributed by atoms with Gasteiger partial charge in [-0.25, -0.2) is 0 Å². The van der Waals surface area contributed by atoms with E-state index in [2.05, 4.69) is 44.3 Å². The van der Waals surface area contributed by atoms with Crippen molar-refractivity contribution < 1.29 is 4.79 Å². The lowest BCUT2D eigenvalue weighted by atomic mass is 9.94. The molecule has 2 aromatic rings. The van der Waals surface area contributed by atoms with Crippen molar-refractivity contribution in [1.82, 2.24) is 24.6 Å². The summed E-state index contributed by atoms with van der Waals surface area (Å²) in [5.74, 6) is 2.32. The highest BCUT2D eigenvalue weighted by Crippen LogP contribution is 2.24. The zero-order chi connectivity index (χ0) is 18.1. The van der Waals surface area contributed by atoms with Crippen LogP contribution >= 0.6 is 0 Å². The molecule has 1 unspecified atom stereocenters. The van der Waals surface area contributed by atoms with Gasteiger partial charge in [0.05, 0.1) is 12.5 Å². The van der Waals surface area contributed by atoms with E-state index in [1.165, 1.54) is 11.1 Å². The largest absolute Gasteiger partial charge is 0.338 e. The molecule has 138 valence electrons. The Morgan fingerprint density at radius 1 is 1.19 bits per heavy atom. The Morgan fingerprint density at radius 3 is 2.77 bits per heavy atom. The SMILES string of the molecule is Cc1nnc(CN2CCCC(C(=O)N3CCc4ccccc4C3)C2)n1C. The van der Waals surface area contributed by atoms with E-state index < -0.39 is 0 Å². The van der Waals surface area contributed by atoms with Gasteiger partial charge in [0.15, 0.2) is 0 Å². The Bertz CT molecular complexity index is 799.